The lowest BCUT2D eigenvalue weighted by Crippen LogP contribution is -2.51. The van der Waals surface area contributed by atoms with Crippen LogP contribution < -0.4 is 19.4 Å². The summed E-state index contributed by atoms with van der Waals surface area (Å²) < 4.78 is 15.1. The highest BCUT2D eigenvalue weighted by atomic mass is 32.2. The summed E-state index contributed by atoms with van der Waals surface area (Å²) in [7, 11) is 0. The Morgan fingerprint density at radius 2 is 1.79 bits per heavy atom. The monoisotopic (exact) mass is 545 g/mol. The van der Waals surface area contributed by atoms with Gasteiger partial charge in [-0.3, -0.25) is 9.69 Å². The van der Waals surface area contributed by atoms with E-state index in [1.165, 1.54) is 23.5 Å². The Morgan fingerprint density at radius 3 is 2.55 bits per heavy atom. The molecule has 1 fully saturated rings. The molecule has 10 heteroatoms. The number of nitrogens with zero attached hydrogens (tertiary/aromatic N) is 3. The summed E-state index contributed by atoms with van der Waals surface area (Å²) in [5.74, 6) is 0.572. The molecule has 3 aromatic carbocycles. The Balaban J connectivity index is 1.49. The van der Waals surface area contributed by atoms with E-state index in [1.54, 1.807) is 16.8 Å². The largest absolute Gasteiger partial charge is 0.461 e. The van der Waals surface area contributed by atoms with Gasteiger partial charge in [-0.2, -0.15) is 5.10 Å². The van der Waals surface area contributed by atoms with Crippen LogP contribution in [0.15, 0.2) is 82.8 Å². The summed E-state index contributed by atoms with van der Waals surface area (Å²) in [5.41, 5.74) is 3.31. The second kappa shape index (κ2) is 9.77. The molecule has 192 valence electrons. The number of para-hydroxylation sites is 1. The first-order valence-corrected chi connectivity index (χ1v) is 13.6. The lowest BCUT2D eigenvalue weighted by atomic mass is 10.2. The molecule has 3 heterocycles. The van der Waals surface area contributed by atoms with Crippen LogP contribution in [0.4, 0.5) is 11.4 Å². The lowest BCUT2D eigenvalue weighted by molar-refractivity contribution is -0.134. The highest BCUT2D eigenvalue weighted by Gasteiger charge is 2.60. The number of amides is 1. The molecule has 3 aliphatic heterocycles. The first kappa shape index (κ1) is 24.4. The summed E-state index contributed by atoms with van der Waals surface area (Å²) in [6.07, 6.45) is 1.83. The van der Waals surface area contributed by atoms with Gasteiger partial charge in [0.2, 0.25) is 16.2 Å². The molecule has 0 bridgehead atoms. The third-order valence-corrected chi connectivity index (χ3v) is 8.76. The minimum Gasteiger partial charge on any atom is -0.461 e. The van der Waals surface area contributed by atoms with Crippen LogP contribution in [0.1, 0.15) is 18.1 Å². The van der Waals surface area contributed by atoms with E-state index in [-0.39, 0.29) is 24.4 Å². The van der Waals surface area contributed by atoms with E-state index in [9.17, 15) is 9.59 Å². The van der Waals surface area contributed by atoms with E-state index >= 15 is 0 Å². The Bertz CT molecular complexity index is 1480. The van der Waals surface area contributed by atoms with Gasteiger partial charge in [-0.05, 0) is 73.6 Å². The third-order valence-electron chi connectivity index (χ3n) is 6.06. The number of thioether (sulfide) groups is 2. The van der Waals surface area contributed by atoms with Crippen LogP contribution in [0.5, 0.6) is 11.5 Å². The van der Waals surface area contributed by atoms with Crippen LogP contribution in [-0.2, 0) is 14.3 Å². The molecule has 1 atom stereocenters. The highest BCUT2D eigenvalue weighted by Crippen LogP contribution is 2.59. The molecule has 0 aromatic heterocycles. The van der Waals surface area contributed by atoms with Gasteiger partial charge < -0.3 is 14.2 Å². The van der Waals surface area contributed by atoms with Crippen molar-refractivity contribution in [2.45, 2.75) is 18.2 Å². The van der Waals surface area contributed by atoms with Crippen molar-refractivity contribution in [1.29, 1.82) is 0 Å². The van der Waals surface area contributed by atoms with Gasteiger partial charge in [-0.15, -0.1) is 0 Å². The maximum Gasteiger partial charge on any atom is 0.365 e. The Hall–Kier alpha value is -3.89. The number of carbonyl (C=O) groups is 2. The zero-order valence-corrected chi connectivity index (χ0v) is 22.3. The number of carbonyl (C=O) groups excluding carboxylic acids is 2. The zero-order chi connectivity index (χ0) is 26.3. The van der Waals surface area contributed by atoms with E-state index in [0.717, 1.165) is 16.8 Å². The van der Waals surface area contributed by atoms with Crippen molar-refractivity contribution in [3.63, 3.8) is 0 Å². The second-order valence-electron chi connectivity index (χ2n) is 8.62. The summed E-state index contributed by atoms with van der Waals surface area (Å²) >= 11 is 2.54. The number of esters is 1. The molecule has 0 saturated carbocycles. The van der Waals surface area contributed by atoms with Crippen molar-refractivity contribution in [2.24, 2.45) is 5.10 Å². The molecule has 0 N–H and O–H groups in total. The Kier molecular flexibility index (Phi) is 6.29. The van der Waals surface area contributed by atoms with Crippen molar-refractivity contribution >= 4 is 57.9 Å². The molecule has 0 unspecified atom stereocenters. The third kappa shape index (κ3) is 4.19. The normalized spacial score (nSPS) is 20.9. The molecule has 6 rings (SSSR count). The van der Waals surface area contributed by atoms with Crippen molar-refractivity contribution in [2.75, 3.05) is 23.3 Å². The van der Waals surface area contributed by atoms with E-state index < -0.39 is 10.3 Å². The van der Waals surface area contributed by atoms with Crippen molar-refractivity contribution in [3.8, 4) is 11.5 Å². The van der Waals surface area contributed by atoms with E-state index in [4.69, 9.17) is 19.3 Å². The molecule has 3 aromatic rings. The summed E-state index contributed by atoms with van der Waals surface area (Å²) in [6.45, 7) is 4.15. The van der Waals surface area contributed by atoms with Crippen LogP contribution in [-0.4, -0.2) is 34.6 Å². The van der Waals surface area contributed by atoms with Crippen molar-refractivity contribution in [3.05, 3.63) is 88.8 Å². The fraction of sp³-hybridized carbons (Fsp3) is 0.179. The smallest absolute Gasteiger partial charge is 0.365 e. The first-order chi connectivity index (χ1) is 18.5. The van der Waals surface area contributed by atoms with Gasteiger partial charge in [0.25, 0.3) is 5.91 Å². The topological polar surface area (TPSA) is 80.7 Å². The van der Waals surface area contributed by atoms with E-state index in [2.05, 4.69) is 0 Å². The standard InChI is InChI=1S/C28H23N3O5S2/c1-3-34-27(33)25-29-31(21-12-9-18(2)10-13-21)28(38-25)30(20-7-5-4-6-8-20)26(32)24(37-28)16-19-11-14-22-23(15-19)36-17-35-22/h4-16H,3,17H2,1-2H3/b24-16-/t28-/m1/s1. The predicted molar refractivity (Wildman–Crippen MR) is 150 cm³/mol. The fourth-order valence-electron chi connectivity index (χ4n) is 4.30. The number of anilines is 2. The second-order valence-corrected chi connectivity index (χ2v) is 11.3. The maximum absolute atomic E-state index is 14.1. The van der Waals surface area contributed by atoms with E-state index in [0.29, 0.717) is 22.1 Å². The average Bonchev–Trinajstić information content (AvgIpc) is 3.61. The lowest BCUT2D eigenvalue weighted by Gasteiger charge is -2.38. The van der Waals surface area contributed by atoms with Gasteiger partial charge in [0, 0.05) is 5.69 Å². The molecule has 38 heavy (non-hydrogen) atoms. The Morgan fingerprint density at radius 1 is 1.03 bits per heavy atom. The molecule has 1 spiro atoms. The zero-order valence-electron chi connectivity index (χ0n) is 20.6. The fourth-order valence-corrected chi connectivity index (χ4v) is 7.18. The maximum atomic E-state index is 14.1. The van der Waals surface area contributed by atoms with Crippen LogP contribution in [0.25, 0.3) is 6.08 Å². The van der Waals surface area contributed by atoms with Crippen LogP contribution >= 0.6 is 23.5 Å². The van der Waals surface area contributed by atoms with Gasteiger partial charge in [-0.1, -0.05) is 53.7 Å². The van der Waals surface area contributed by atoms with Gasteiger partial charge >= 0.3 is 5.97 Å². The molecular weight excluding hydrogens is 522 g/mol. The predicted octanol–water partition coefficient (Wildman–Crippen LogP) is 5.59. The minimum atomic E-state index is -1.13. The number of fused-ring (bicyclic) bond motifs is 1. The van der Waals surface area contributed by atoms with E-state index in [1.807, 2.05) is 85.8 Å². The number of benzene rings is 3. The number of hydrogen-bond donors (Lipinski definition) is 0. The number of rotatable bonds is 5. The summed E-state index contributed by atoms with van der Waals surface area (Å²) in [4.78, 5) is 29.2. The van der Waals surface area contributed by atoms with Gasteiger partial charge in [0.05, 0.1) is 17.2 Å². The quantitative estimate of drug-likeness (QED) is 0.303. The molecule has 1 saturated heterocycles. The molecule has 1 amide bonds. The Labute approximate surface area is 228 Å². The summed E-state index contributed by atoms with van der Waals surface area (Å²) in [5, 5.41) is 6.61. The number of aryl methyl sites for hydroxylation is 1. The minimum absolute atomic E-state index is 0.171. The highest BCUT2D eigenvalue weighted by molar-refractivity contribution is 8.29. The molecule has 0 aliphatic carbocycles. The SMILES string of the molecule is CCOC(=O)C1=NN(c2ccc(C)cc2)[C@@]2(S1)S/C(=C\c1ccc3c(c1)OCO3)C(=O)N2c1ccccc1. The summed E-state index contributed by atoms with van der Waals surface area (Å²) in [6, 6.07) is 22.8. The molecule has 8 nitrogen and oxygen atoms in total. The van der Waals surface area contributed by atoms with Crippen LogP contribution in [0.2, 0.25) is 0 Å². The van der Waals surface area contributed by atoms with Crippen molar-refractivity contribution in [1.82, 2.24) is 0 Å². The molecular formula is C28H23N3O5S2. The van der Waals surface area contributed by atoms with Crippen molar-refractivity contribution < 1.29 is 23.8 Å². The first-order valence-electron chi connectivity index (χ1n) is 12.0. The van der Waals surface area contributed by atoms with Crippen LogP contribution in [0.3, 0.4) is 0 Å². The van der Waals surface area contributed by atoms with Crippen LogP contribution in [0, 0.1) is 6.92 Å². The number of ether oxygens (including phenoxy) is 3. The molecule has 0 radical (unpaired) electrons. The van der Waals surface area contributed by atoms with Gasteiger partial charge in [-0.25, -0.2) is 9.80 Å². The molecule has 3 aliphatic rings. The van der Waals surface area contributed by atoms with Gasteiger partial charge in [0.1, 0.15) is 0 Å². The number of hydrogen-bond acceptors (Lipinski definition) is 9. The van der Waals surface area contributed by atoms with Gasteiger partial charge in [0.15, 0.2) is 11.5 Å². The number of hydrazone groups is 1. The average molecular weight is 546 g/mol.